The summed E-state index contributed by atoms with van der Waals surface area (Å²) in [6.45, 7) is 1.98. The Morgan fingerprint density at radius 1 is 1.27 bits per heavy atom. The highest BCUT2D eigenvalue weighted by molar-refractivity contribution is 5.35. The number of para-hydroxylation sites is 1. The van der Waals surface area contributed by atoms with Gasteiger partial charge in [0.05, 0.1) is 13.2 Å². The standard InChI is InChI=1S/C12H18O3/c1-4-10(14-2)12(13)9-7-5-6-8-11(9)15-3/h5-8,10,12-13H,4H2,1-3H3. The van der Waals surface area contributed by atoms with Crippen molar-refractivity contribution in [2.45, 2.75) is 25.6 Å². The smallest absolute Gasteiger partial charge is 0.124 e. The average molecular weight is 210 g/mol. The van der Waals surface area contributed by atoms with Crippen molar-refractivity contribution >= 4 is 0 Å². The third-order valence-corrected chi connectivity index (χ3v) is 2.51. The van der Waals surface area contributed by atoms with E-state index in [1.807, 2.05) is 31.2 Å². The van der Waals surface area contributed by atoms with Crippen LogP contribution in [0, 0.1) is 0 Å². The Bertz CT molecular complexity index is 295. The molecule has 0 amide bonds. The summed E-state index contributed by atoms with van der Waals surface area (Å²) in [5.41, 5.74) is 0.772. The third kappa shape index (κ3) is 2.70. The summed E-state index contributed by atoms with van der Waals surface area (Å²) in [5, 5.41) is 10.1. The fourth-order valence-electron chi connectivity index (χ4n) is 1.63. The van der Waals surface area contributed by atoms with Gasteiger partial charge in [0.15, 0.2) is 0 Å². The monoisotopic (exact) mass is 210 g/mol. The maximum absolute atomic E-state index is 10.1. The molecule has 0 aliphatic heterocycles. The molecular weight excluding hydrogens is 192 g/mol. The first kappa shape index (κ1) is 12.0. The lowest BCUT2D eigenvalue weighted by molar-refractivity contribution is -0.0158. The van der Waals surface area contributed by atoms with Gasteiger partial charge >= 0.3 is 0 Å². The minimum Gasteiger partial charge on any atom is -0.496 e. The van der Waals surface area contributed by atoms with E-state index in [0.717, 1.165) is 12.0 Å². The summed E-state index contributed by atoms with van der Waals surface area (Å²) < 4.78 is 10.4. The number of aliphatic hydroxyl groups excluding tert-OH is 1. The van der Waals surface area contributed by atoms with E-state index < -0.39 is 6.10 Å². The molecule has 2 atom stereocenters. The van der Waals surface area contributed by atoms with Crippen molar-refractivity contribution in [3.05, 3.63) is 29.8 Å². The normalized spacial score (nSPS) is 14.7. The molecule has 0 saturated carbocycles. The topological polar surface area (TPSA) is 38.7 Å². The molecule has 0 saturated heterocycles. The van der Waals surface area contributed by atoms with Gasteiger partial charge in [-0.05, 0) is 12.5 Å². The van der Waals surface area contributed by atoms with Crippen molar-refractivity contribution in [2.24, 2.45) is 0 Å². The van der Waals surface area contributed by atoms with Crippen molar-refractivity contribution in [1.82, 2.24) is 0 Å². The molecule has 0 heterocycles. The number of methoxy groups -OCH3 is 2. The summed E-state index contributed by atoms with van der Waals surface area (Å²) in [7, 11) is 3.20. The van der Waals surface area contributed by atoms with E-state index in [2.05, 4.69) is 0 Å². The lowest BCUT2D eigenvalue weighted by Crippen LogP contribution is -2.20. The van der Waals surface area contributed by atoms with Crippen LogP contribution in [0.15, 0.2) is 24.3 Å². The number of hydrogen-bond donors (Lipinski definition) is 1. The average Bonchev–Trinajstić information content (AvgIpc) is 2.30. The molecule has 3 heteroatoms. The molecule has 0 fully saturated rings. The number of hydrogen-bond acceptors (Lipinski definition) is 3. The van der Waals surface area contributed by atoms with Gasteiger partial charge in [-0.3, -0.25) is 0 Å². The van der Waals surface area contributed by atoms with Gasteiger partial charge < -0.3 is 14.6 Å². The zero-order valence-corrected chi connectivity index (χ0v) is 9.43. The fourth-order valence-corrected chi connectivity index (χ4v) is 1.63. The molecule has 0 aliphatic rings. The van der Waals surface area contributed by atoms with Gasteiger partial charge in [0.2, 0.25) is 0 Å². The minimum absolute atomic E-state index is 0.193. The zero-order chi connectivity index (χ0) is 11.3. The Morgan fingerprint density at radius 2 is 1.93 bits per heavy atom. The lowest BCUT2D eigenvalue weighted by Gasteiger charge is -2.22. The van der Waals surface area contributed by atoms with Crippen LogP contribution in [0.5, 0.6) is 5.75 Å². The Balaban J connectivity index is 2.93. The number of benzene rings is 1. The van der Waals surface area contributed by atoms with Gasteiger partial charge in [0.1, 0.15) is 11.9 Å². The van der Waals surface area contributed by atoms with Gasteiger partial charge in [0, 0.05) is 12.7 Å². The highest BCUT2D eigenvalue weighted by Crippen LogP contribution is 2.28. The van der Waals surface area contributed by atoms with Gasteiger partial charge in [-0.2, -0.15) is 0 Å². The number of rotatable bonds is 5. The molecule has 0 spiro atoms. The quantitative estimate of drug-likeness (QED) is 0.809. The van der Waals surface area contributed by atoms with Crippen LogP contribution >= 0.6 is 0 Å². The summed E-state index contributed by atoms with van der Waals surface area (Å²) in [5.74, 6) is 0.695. The molecule has 1 N–H and O–H groups in total. The second-order valence-corrected chi connectivity index (χ2v) is 3.37. The van der Waals surface area contributed by atoms with Crippen molar-refractivity contribution in [3.8, 4) is 5.75 Å². The maximum Gasteiger partial charge on any atom is 0.124 e. The van der Waals surface area contributed by atoms with Crippen molar-refractivity contribution in [2.75, 3.05) is 14.2 Å². The molecule has 0 aromatic heterocycles. The summed E-state index contributed by atoms with van der Waals surface area (Å²) in [6, 6.07) is 7.44. The third-order valence-electron chi connectivity index (χ3n) is 2.51. The summed E-state index contributed by atoms with van der Waals surface area (Å²) in [4.78, 5) is 0. The number of aliphatic hydroxyl groups is 1. The Labute approximate surface area is 90.6 Å². The maximum atomic E-state index is 10.1. The first-order chi connectivity index (χ1) is 7.24. The molecule has 1 rings (SSSR count). The molecule has 0 aliphatic carbocycles. The lowest BCUT2D eigenvalue weighted by atomic mass is 10.0. The van der Waals surface area contributed by atoms with Crippen LogP contribution in [0.4, 0.5) is 0 Å². The molecule has 2 unspecified atom stereocenters. The van der Waals surface area contributed by atoms with Gasteiger partial charge in [-0.15, -0.1) is 0 Å². The van der Waals surface area contributed by atoms with E-state index in [1.54, 1.807) is 14.2 Å². The van der Waals surface area contributed by atoms with Crippen LogP contribution in [0.2, 0.25) is 0 Å². The van der Waals surface area contributed by atoms with Crippen LogP contribution in [0.25, 0.3) is 0 Å². The Kier molecular flexibility index (Phi) is 4.59. The van der Waals surface area contributed by atoms with Gasteiger partial charge in [-0.1, -0.05) is 25.1 Å². The molecule has 3 nitrogen and oxygen atoms in total. The highest BCUT2D eigenvalue weighted by atomic mass is 16.5. The molecule has 84 valence electrons. The number of ether oxygens (including phenoxy) is 2. The molecule has 0 radical (unpaired) electrons. The van der Waals surface area contributed by atoms with E-state index >= 15 is 0 Å². The van der Waals surface area contributed by atoms with Crippen LogP contribution in [-0.4, -0.2) is 25.4 Å². The second kappa shape index (κ2) is 5.73. The first-order valence-corrected chi connectivity index (χ1v) is 5.08. The van der Waals surface area contributed by atoms with Crippen molar-refractivity contribution in [3.63, 3.8) is 0 Å². The zero-order valence-electron chi connectivity index (χ0n) is 9.43. The Morgan fingerprint density at radius 3 is 2.47 bits per heavy atom. The van der Waals surface area contributed by atoms with E-state index in [9.17, 15) is 5.11 Å². The Hall–Kier alpha value is -1.06. The van der Waals surface area contributed by atoms with Crippen LogP contribution < -0.4 is 4.74 Å². The van der Waals surface area contributed by atoms with Crippen molar-refractivity contribution in [1.29, 1.82) is 0 Å². The van der Waals surface area contributed by atoms with Crippen molar-refractivity contribution < 1.29 is 14.6 Å². The first-order valence-electron chi connectivity index (χ1n) is 5.08. The van der Waals surface area contributed by atoms with E-state index in [4.69, 9.17) is 9.47 Å². The van der Waals surface area contributed by atoms with E-state index in [1.165, 1.54) is 0 Å². The SMILES string of the molecule is CCC(OC)C(O)c1ccccc1OC. The summed E-state index contributed by atoms with van der Waals surface area (Å²) >= 11 is 0. The largest absolute Gasteiger partial charge is 0.496 e. The van der Waals surface area contributed by atoms with E-state index in [0.29, 0.717) is 5.75 Å². The van der Waals surface area contributed by atoms with Crippen LogP contribution in [0.3, 0.4) is 0 Å². The van der Waals surface area contributed by atoms with Gasteiger partial charge in [0.25, 0.3) is 0 Å². The van der Waals surface area contributed by atoms with Gasteiger partial charge in [-0.25, -0.2) is 0 Å². The fraction of sp³-hybridized carbons (Fsp3) is 0.500. The predicted molar refractivity (Wildman–Crippen MR) is 59.0 cm³/mol. The highest BCUT2D eigenvalue weighted by Gasteiger charge is 2.21. The minimum atomic E-state index is -0.642. The molecule has 0 bridgehead atoms. The van der Waals surface area contributed by atoms with Crippen LogP contribution in [-0.2, 0) is 4.74 Å². The molecule has 15 heavy (non-hydrogen) atoms. The molecule has 1 aromatic rings. The van der Waals surface area contributed by atoms with Crippen LogP contribution in [0.1, 0.15) is 25.0 Å². The molecular formula is C12H18O3. The second-order valence-electron chi connectivity index (χ2n) is 3.37. The van der Waals surface area contributed by atoms with E-state index in [-0.39, 0.29) is 6.10 Å². The summed E-state index contributed by atoms with van der Waals surface area (Å²) in [6.07, 6.45) is -0.0761. The predicted octanol–water partition coefficient (Wildman–Crippen LogP) is 2.15. The molecule has 1 aromatic carbocycles.